The Kier molecular flexibility index (Phi) is 3.49. The van der Waals surface area contributed by atoms with E-state index in [0.717, 1.165) is 17.3 Å². The molecule has 0 saturated carbocycles. The van der Waals surface area contributed by atoms with Crippen LogP contribution in [0.1, 0.15) is 15.9 Å². The maximum Gasteiger partial charge on any atom is 0.192 e. The zero-order valence-corrected chi connectivity index (χ0v) is 9.87. The lowest BCUT2D eigenvalue weighted by Crippen LogP contribution is -1.89. The number of aryl methyl sites for hydroxylation is 1. The monoisotopic (exact) mass is 248 g/mol. The van der Waals surface area contributed by atoms with Crippen LogP contribution in [-0.2, 0) is 0 Å². The first kappa shape index (κ1) is 11.7. The third-order valence-electron chi connectivity index (χ3n) is 2.05. The SMILES string of the molecule is Cc1cnc(Sc2ccc(C=O)cc2F)nc1. The minimum Gasteiger partial charge on any atom is -0.298 e. The quantitative estimate of drug-likeness (QED) is 0.618. The van der Waals surface area contributed by atoms with E-state index >= 15 is 0 Å². The second kappa shape index (κ2) is 5.05. The van der Waals surface area contributed by atoms with Gasteiger partial charge in [0.2, 0.25) is 0 Å². The summed E-state index contributed by atoms with van der Waals surface area (Å²) in [7, 11) is 0. The van der Waals surface area contributed by atoms with Gasteiger partial charge in [0.25, 0.3) is 0 Å². The highest BCUT2D eigenvalue weighted by atomic mass is 32.2. The highest BCUT2D eigenvalue weighted by molar-refractivity contribution is 7.99. The van der Waals surface area contributed by atoms with Gasteiger partial charge in [-0.05, 0) is 36.4 Å². The molecule has 3 nitrogen and oxygen atoms in total. The summed E-state index contributed by atoms with van der Waals surface area (Å²) in [6.45, 7) is 1.88. The lowest BCUT2D eigenvalue weighted by Gasteiger charge is -2.02. The van der Waals surface area contributed by atoms with E-state index in [4.69, 9.17) is 0 Å². The first-order valence-corrected chi connectivity index (χ1v) is 5.72. The summed E-state index contributed by atoms with van der Waals surface area (Å²) in [6.07, 6.45) is 3.96. The van der Waals surface area contributed by atoms with Gasteiger partial charge >= 0.3 is 0 Å². The van der Waals surface area contributed by atoms with Gasteiger partial charge in [-0.25, -0.2) is 14.4 Å². The molecule has 0 fully saturated rings. The number of nitrogens with zero attached hydrogens (tertiary/aromatic N) is 2. The van der Waals surface area contributed by atoms with Crippen LogP contribution in [0.5, 0.6) is 0 Å². The van der Waals surface area contributed by atoms with Crippen molar-refractivity contribution >= 4 is 18.0 Å². The fourth-order valence-corrected chi connectivity index (χ4v) is 1.90. The smallest absolute Gasteiger partial charge is 0.192 e. The molecule has 0 saturated heterocycles. The number of hydrogen-bond donors (Lipinski definition) is 0. The Morgan fingerprint density at radius 1 is 1.29 bits per heavy atom. The van der Waals surface area contributed by atoms with Crippen LogP contribution in [-0.4, -0.2) is 16.3 Å². The van der Waals surface area contributed by atoms with Gasteiger partial charge in [-0.2, -0.15) is 0 Å². The van der Waals surface area contributed by atoms with Gasteiger partial charge in [-0.3, -0.25) is 4.79 Å². The number of benzene rings is 1. The number of aromatic nitrogens is 2. The van der Waals surface area contributed by atoms with Crippen LogP contribution in [0.25, 0.3) is 0 Å². The topological polar surface area (TPSA) is 42.9 Å². The third-order valence-corrected chi connectivity index (χ3v) is 2.99. The van der Waals surface area contributed by atoms with E-state index in [0.29, 0.717) is 21.9 Å². The molecule has 0 aliphatic carbocycles. The first-order chi connectivity index (χ1) is 8.19. The predicted molar refractivity (Wildman–Crippen MR) is 62.7 cm³/mol. The Morgan fingerprint density at radius 2 is 2.00 bits per heavy atom. The molecule has 5 heteroatoms. The Bertz CT molecular complexity index is 543. The van der Waals surface area contributed by atoms with Crippen LogP contribution in [0, 0.1) is 12.7 Å². The van der Waals surface area contributed by atoms with Gasteiger partial charge in [0.15, 0.2) is 5.16 Å². The molecule has 0 aliphatic heterocycles. The van der Waals surface area contributed by atoms with Gasteiger partial charge in [-0.15, -0.1) is 0 Å². The summed E-state index contributed by atoms with van der Waals surface area (Å²) >= 11 is 1.13. The van der Waals surface area contributed by atoms with E-state index in [-0.39, 0.29) is 0 Å². The fraction of sp³-hybridized carbons (Fsp3) is 0.0833. The van der Waals surface area contributed by atoms with Crippen LogP contribution in [0.15, 0.2) is 40.6 Å². The number of hydrogen-bond acceptors (Lipinski definition) is 4. The van der Waals surface area contributed by atoms with E-state index in [1.165, 1.54) is 6.07 Å². The second-order valence-corrected chi connectivity index (χ2v) is 4.46. The molecule has 2 aromatic rings. The average Bonchev–Trinajstić information content (AvgIpc) is 2.34. The van der Waals surface area contributed by atoms with E-state index in [9.17, 15) is 9.18 Å². The van der Waals surface area contributed by atoms with Gasteiger partial charge in [0.05, 0.1) is 4.90 Å². The van der Waals surface area contributed by atoms with E-state index in [1.54, 1.807) is 24.5 Å². The zero-order valence-electron chi connectivity index (χ0n) is 9.05. The highest BCUT2D eigenvalue weighted by Gasteiger charge is 2.07. The number of rotatable bonds is 3. The first-order valence-electron chi connectivity index (χ1n) is 4.90. The van der Waals surface area contributed by atoms with Crippen molar-refractivity contribution in [3.63, 3.8) is 0 Å². The average molecular weight is 248 g/mol. The van der Waals surface area contributed by atoms with Crippen molar-refractivity contribution in [3.05, 3.63) is 47.5 Å². The lowest BCUT2D eigenvalue weighted by atomic mass is 10.2. The Balaban J connectivity index is 2.24. The standard InChI is InChI=1S/C12H9FN2OS/c1-8-5-14-12(15-6-8)17-11-3-2-9(7-16)4-10(11)13/h2-7H,1H3. The molecule has 0 N–H and O–H groups in total. The summed E-state index contributed by atoms with van der Waals surface area (Å²) in [5, 5.41) is 0.480. The molecule has 0 spiro atoms. The summed E-state index contributed by atoms with van der Waals surface area (Å²) in [6, 6.07) is 4.31. The van der Waals surface area contributed by atoms with E-state index in [1.807, 2.05) is 6.92 Å². The molecular weight excluding hydrogens is 239 g/mol. The maximum atomic E-state index is 13.6. The van der Waals surface area contributed by atoms with Crippen molar-refractivity contribution in [2.24, 2.45) is 0 Å². The van der Waals surface area contributed by atoms with Crippen molar-refractivity contribution in [2.75, 3.05) is 0 Å². The van der Waals surface area contributed by atoms with Gasteiger partial charge < -0.3 is 0 Å². The summed E-state index contributed by atoms with van der Waals surface area (Å²) < 4.78 is 13.6. The number of aldehydes is 1. The van der Waals surface area contributed by atoms with Crippen LogP contribution in [0.4, 0.5) is 4.39 Å². The zero-order chi connectivity index (χ0) is 12.3. The highest BCUT2D eigenvalue weighted by Crippen LogP contribution is 2.27. The minimum atomic E-state index is -0.441. The van der Waals surface area contributed by atoms with E-state index in [2.05, 4.69) is 9.97 Å². The van der Waals surface area contributed by atoms with Crippen molar-refractivity contribution in [1.29, 1.82) is 0 Å². The number of halogens is 1. The number of carbonyl (C=O) groups is 1. The van der Waals surface area contributed by atoms with Gasteiger partial charge in [-0.1, -0.05) is 6.07 Å². The molecule has 0 unspecified atom stereocenters. The van der Waals surface area contributed by atoms with E-state index < -0.39 is 5.82 Å². The molecule has 0 atom stereocenters. The van der Waals surface area contributed by atoms with Crippen molar-refractivity contribution < 1.29 is 9.18 Å². The molecule has 0 radical (unpaired) electrons. The molecule has 1 aromatic carbocycles. The van der Waals surface area contributed by atoms with Gasteiger partial charge in [0.1, 0.15) is 12.1 Å². The van der Waals surface area contributed by atoms with Crippen molar-refractivity contribution in [1.82, 2.24) is 9.97 Å². The molecule has 2 rings (SSSR count). The Morgan fingerprint density at radius 3 is 2.59 bits per heavy atom. The normalized spacial score (nSPS) is 10.2. The molecule has 1 aromatic heterocycles. The molecule has 86 valence electrons. The molecule has 0 aliphatic rings. The van der Waals surface area contributed by atoms with Crippen molar-refractivity contribution in [2.45, 2.75) is 17.0 Å². The van der Waals surface area contributed by atoms with Gasteiger partial charge in [0, 0.05) is 18.0 Å². The lowest BCUT2D eigenvalue weighted by molar-refractivity contribution is 0.112. The fourth-order valence-electron chi connectivity index (χ4n) is 1.20. The summed E-state index contributed by atoms with van der Waals surface area (Å²) in [4.78, 5) is 19.0. The second-order valence-electron chi connectivity index (χ2n) is 3.45. The summed E-state index contributed by atoms with van der Waals surface area (Å²) in [5.74, 6) is -0.441. The largest absolute Gasteiger partial charge is 0.298 e. The van der Waals surface area contributed by atoms with Crippen LogP contribution in [0.2, 0.25) is 0 Å². The minimum absolute atomic E-state index is 0.316. The molecule has 0 bridgehead atoms. The van der Waals surface area contributed by atoms with Crippen LogP contribution >= 0.6 is 11.8 Å². The number of carbonyl (C=O) groups excluding carboxylic acids is 1. The predicted octanol–water partition coefficient (Wildman–Crippen LogP) is 2.89. The molecule has 17 heavy (non-hydrogen) atoms. The molecular formula is C12H9FN2OS. The van der Waals surface area contributed by atoms with Crippen molar-refractivity contribution in [3.8, 4) is 0 Å². The third kappa shape index (κ3) is 2.88. The summed E-state index contributed by atoms with van der Waals surface area (Å²) in [5.41, 5.74) is 1.27. The molecule has 1 heterocycles. The Hall–Kier alpha value is -1.75. The molecule has 0 amide bonds. The van der Waals surface area contributed by atoms with Crippen LogP contribution < -0.4 is 0 Å². The Labute approximate surface area is 102 Å². The maximum absolute atomic E-state index is 13.6. The van der Waals surface area contributed by atoms with Crippen LogP contribution in [0.3, 0.4) is 0 Å².